The van der Waals surface area contributed by atoms with E-state index in [0.29, 0.717) is 39.4 Å². The van der Waals surface area contributed by atoms with Gasteiger partial charge in [-0.3, -0.25) is 10.1 Å². The molecule has 0 radical (unpaired) electrons. The molecular formula is C21H26N4O5S. The fourth-order valence-corrected chi connectivity index (χ4v) is 5.44. The van der Waals surface area contributed by atoms with Crippen molar-refractivity contribution in [3.63, 3.8) is 0 Å². The highest BCUT2D eigenvalue weighted by Gasteiger charge is 2.30. The molecule has 2 aromatic rings. The molecule has 10 heteroatoms. The molecule has 2 fully saturated rings. The maximum atomic E-state index is 13.0. The van der Waals surface area contributed by atoms with E-state index >= 15 is 0 Å². The smallest absolute Gasteiger partial charge is 0.269 e. The molecule has 0 atom stereocenters. The summed E-state index contributed by atoms with van der Waals surface area (Å²) in [5.74, 6) is 0. The number of hydrogen-bond donors (Lipinski definition) is 0. The van der Waals surface area contributed by atoms with Crippen LogP contribution in [0.25, 0.3) is 0 Å². The Labute approximate surface area is 182 Å². The summed E-state index contributed by atoms with van der Waals surface area (Å²) in [5, 5.41) is 10.8. The summed E-state index contributed by atoms with van der Waals surface area (Å²) in [7, 11) is -3.69. The maximum absolute atomic E-state index is 13.0. The minimum Gasteiger partial charge on any atom is -0.378 e. The van der Waals surface area contributed by atoms with Gasteiger partial charge >= 0.3 is 0 Å². The van der Waals surface area contributed by atoms with Crippen molar-refractivity contribution < 1.29 is 18.1 Å². The van der Waals surface area contributed by atoms with E-state index in [1.165, 1.54) is 34.1 Å². The van der Waals surface area contributed by atoms with E-state index in [1.807, 2.05) is 0 Å². The molecule has 2 aromatic carbocycles. The topological polar surface area (TPSA) is 96.2 Å². The number of morpholine rings is 1. The Balaban J connectivity index is 1.49. The van der Waals surface area contributed by atoms with Crippen molar-refractivity contribution in [2.24, 2.45) is 0 Å². The van der Waals surface area contributed by atoms with Gasteiger partial charge in [0.2, 0.25) is 10.0 Å². The molecule has 2 heterocycles. The molecule has 0 amide bonds. The van der Waals surface area contributed by atoms with Gasteiger partial charge in [-0.1, -0.05) is 6.07 Å². The maximum Gasteiger partial charge on any atom is 0.269 e. The molecule has 2 saturated heterocycles. The van der Waals surface area contributed by atoms with Crippen LogP contribution in [0.1, 0.15) is 5.56 Å². The molecule has 9 nitrogen and oxygen atoms in total. The van der Waals surface area contributed by atoms with Crippen LogP contribution >= 0.6 is 0 Å². The zero-order valence-electron chi connectivity index (χ0n) is 17.4. The first-order valence-corrected chi connectivity index (χ1v) is 11.7. The second-order valence-corrected chi connectivity index (χ2v) is 9.67. The van der Waals surface area contributed by atoms with Crippen LogP contribution in [-0.4, -0.2) is 70.1 Å². The van der Waals surface area contributed by atoms with E-state index < -0.39 is 14.9 Å². The Morgan fingerprint density at radius 3 is 2.10 bits per heavy atom. The lowest BCUT2D eigenvalue weighted by molar-refractivity contribution is -0.384. The zero-order chi connectivity index (χ0) is 22.0. The van der Waals surface area contributed by atoms with E-state index in [4.69, 9.17) is 4.74 Å². The zero-order valence-corrected chi connectivity index (χ0v) is 18.3. The van der Waals surface area contributed by atoms with Crippen LogP contribution in [0.2, 0.25) is 0 Å². The van der Waals surface area contributed by atoms with Crippen molar-refractivity contribution in [3.8, 4) is 0 Å². The van der Waals surface area contributed by atoms with Gasteiger partial charge in [0.15, 0.2) is 0 Å². The van der Waals surface area contributed by atoms with Gasteiger partial charge in [-0.05, 0) is 36.8 Å². The van der Waals surface area contributed by atoms with Gasteiger partial charge in [0.1, 0.15) is 0 Å². The lowest BCUT2D eigenvalue weighted by Crippen LogP contribution is -2.49. The number of hydrogen-bond acceptors (Lipinski definition) is 7. The van der Waals surface area contributed by atoms with E-state index in [0.717, 1.165) is 24.5 Å². The summed E-state index contributed by atoms with van der Waals surface area (Å²) < 4.78 is 32.9. The number of piperazine rings is 1. The lowest BCUT2D eigenvalue weighted by atomic mass is 10.1. The monoisotopic (exact) mass is 446 g/mol. The predicted octanol–water partition coefficient (Wildman–Crippen LogP) is 2.25. The molecule has 0 aliphatic carbocycles. The molecule has 0 aromatic heterocycles. The van der Waals surface area contributed by atoms with Crippen molar-refractivity contribution in [2.75, 3.05) is 62.3 Å². The Kier molecular flexibility index (Phi) is 6.12. The van der Waals surface area contributed by atoms with Gasteiger partial charge in [-0.15, -0.1) is 0 Å². The molecule has 0 bridgehead atoms. The second-order valence-electron chi connectivity index (χ2n) is 7.73. The van der Waals surface area contributed by atoms with Crippen molar-refractivity contribution in [1.82, 2.24) is 4.31 Å². The molecule has 0 N–H and O–H groups in total. The highest BCUT2D eigenvalue weighted by molar-refractivity contribution is 7.89. The minimum absolute atomic E-state index is 0.0795. The number of sulfonamides is 1. The molecule has 4 rings (SSSR count). The number of nitro groups is 1. The Morgan fingerprint density at radius 2 is 1.48 bits per heavy atom. The summed E-state index contributed by atoms with van der Waals surface area (Å²) in [6.07, 6.45) is 0. The molecular weight excluding hydrogens is 420 g/mol. The van der Waals surface area contributed by atoms with Gasteiger partial charge < -0.3 is 14.5 Å². The fourth-order valence-electron chi connectivity index (χ4n) is 4.02. The normalized spacial score (nSPS) is 18.2. The number of rotatable bonds is 5. The van der Waals surface area contributed by atoms with Crippen LogP contribution in [-0.2, 0) is 14.8 Å². The molecule has 2 aliphatic heterocycles. The quantitative estimate of drug-likeness (QED) is 0.513. The first-order valence-electron chi connectivity index (χ1n) is 10.3. The SMILES string of the molecule is Cc1ccc(N2CCN(S(=O)(=O)c3ccc([N+](=O)[O-])cc3)CC2)c(N2CCOCC2)c1. The van der Waals surface area contributed by atoms with E-state index in [2.05, 4.69) is 34.9 Å². The number of benzene rings is 2. The standard InChI is InChI=1S/C21H26N4O5S/c1-17-2-7-20(21(16-17)23-12-14-30-15-13-23)22-8-10-24(11-9-22)31(28,29)19-5-3-18(4-6-19)25(26)27/h2-7,16H,8-15H2,1H3. The van der Waals surface area contributed by atoms with Crippen molar-refractivity contribution >= 4 is 27.1 Å². The van der Waals surface area contributed by atoms with Crippen LogP contribution in [0.3, 0.4) is 0 Å². The number of aryl methyl sites for hydroxylation is 1. The van der Waals surface area contributed by atoms with Crippen molar-refractivity contribution in [2.45, 2.75) is 11.8 Å². The molecule has 0 unspecified atom stereocenters. The summed E-state index contributed by atoms with van der Waals surface area (Å²) >= 11 is 0. The number of nitro benzene ring substituents is 1. The van der Waals surface area contributed by atoms with Gasteiger partial charge in [0.25, 0.3) is 5.69 Å². The van der Waals surface area contributed by atoms with Crippen LogP contribution < -0.4 is 9.80 Å². The third-order valence-electron chi connectivity index (χ3n) is 5.75. The molecule has 2 aliphatic rings. The fraction of sp³-hybridized carbons (Fsp3) is 0.429. The molecule has 166 valence electrons. The number of ether oxygens (including phenoxy) is 1. The molecule has 31 heavy (non-hydrogen) atoms. The number of non-ortho nitro benzene ring substituents is 1. The number of nitrogens with zero attached hydrogens (tertiary/aromatic N) is 4. The summed E-state index contributed by atoms with van der Waals surface area (Å²) in [4.78, 5) is 14.9. The average Bonchev–Trinajstić information content (AvgIpc) is 2.80. The second kappa shape index (κ2) is 8.81. The van der Waals surface area contributed by atoms with Gasteiger partial charge in [0, 0.05) is 51.4 Å². The van der Waals surface area contributed by atoms with Crippen LogP contribution in [0, 0.1) is 17.0 Å². The van der Waals surface area contributed by atoms with Crippen molar-refractivity contribution in [1.29, 1.82) is 0 Å². The summed E-state index contributed by atoms with van der Waals surface area (Å²) in [5.41, 5.74) is 3.33. The van der Waals surface area contributed by atoms with Gasteiger partial charge in [-0.2, -0.15) is 4.31 Å². The van der Waals surface area contributed by atoms with Crippen LogP contribution in [0.15, 0.2) is 47.4 Å². The van der Waals surface area contributed by atoms with Crippen LogP contribution in [0.5, 0.6) is 0 Å². The minimum atomic E-state index is -3.69. The van der Waals surface area contributed by atoms with E-state index in [1.54, 1.807) is 0 Å². The first-order chi connectivity index (χ1) is 14.9. The van der Waals surface area contributed by atoms with Gasteiger partial charge in [-0.25, -0.2) is 8.42 Å². The highest BCUT2D eigenvalue weighted by Crippen LogP contribution is 2.32. The van der Waals surface area contributed by atoms with E-state index in [-0.39, 0.29) is 10.6 Å². The number of anilines is 2. The molecule has 0 saturated carbocycles. The third-order valence-corrected chi connectivity index (χ3v) is 7.66. The third kappa shape index (κ3) is 4.51. The Hall–Kier alpha value is -2.69. The Morgan fingerprint density at radius 1 is 0.871 bits per heavy atom. The largest absolute Gasteiger partial charge is 0.378 e. The Bertz CT molecular complexity index is 1040. The molecule has 0 spiro atoms. The predicted molar refractivity (Wildman–Crippen MR) is 118 cm³/mol. The average molecular weight is 447 g/mol. The summed E-state index contributed by atoms with van der Waals surface area (Å²) in [6, 6.07) is 11.4. The lowest BCUT2D eigenvalue weighted by Gasteiger charge is -2.39. The van der Waals surface area contributed by atoms with Crippen molar-refractivity contribution in [3.05, 3.63) is 58.1 Å². The highest BCUT2D eigenvalue weighted by atomic mass is 32.2. The van der Waals surface area contributed by atoms with E-state index in [9.17, 15) is 18.5 Å². The first kappa shape index (κ1) is 21.5. The summed E-state index contributed by atoms with van der Waals surface area (Å²) in [6.45, 7) is 7.02. The van der Waals surface area contributed by atoms with Gasteiger partial charge in [0.05, 0.1) is 34.4 Å². The van der Waals surface area contributed by atoms with Crippen LogP contribution in [0.4, 0.5) is 17.1 Å².